The summed E-state index contributed by atoms with van der Waals surface area (Å²) in [6, 6.07) is 2.62. The van der Waals surface area contributed by atoms with Crippen LogP contribution in [0.5, 0.6) is 0 Å². The van der Waals surface area contributed by atoms with Crippen molar-refractivity contribution >= 4 is 0 Å². The number of hydrogen-bond acceptors (Lipinski definition) is 3. The van der Waals surface area contributed by atoms with Gasteiger partial charge in [-0.05, 0) is 45.5 Å². The largest absolute Gasteiger partial charge is 0.308 e. The molecule has 4 nitrogen and oxygen atoms in total. The molecule has 1 aliphatic rings. The topological polar surface area (TPSA) is 33.1 Å². The molecule has 0 spiro atoms. The summed E-state index contributed by atoms with van der Waals surface area (Å²) in [7, 11) is 4.18. The van der Waals surface area contributed by atoms with Crippen molar-refractivity contribution in [3.8, 4) is 0 Å². The van der Waals surface area contributed by atoms with Crippen LogP contribution >= 0.6 is 0 Å². The van der Waals surface area contributed by atoms with Gasteiger partial charge in [0.15, 0.2) is 0 Å². The normalized spacial score (nSPS) is 25.4. The fourth-order valence-corrected chi connectivity index (χ4v) is 2.24. The summed E-state index contributed by atoms with van der Waals surface area (Å²) in [6.45, 7) is 5.43. The minimum Gasteiger partial charge on any atom is -0.308 e. The molecule has 0 unspecified atom stereocenters. The third-order valence-electron chi connectivity index (χ3n) is 3.46. The Morgan fingerprint density at radius 2 is 2.29 bits per heavy atom. The number of nitrogens with zero attached hydrogens (tertiary/aromatic N) is 3. The molecule has 17 heavy (non-hydrogen) atoms. The van der Waals surface area contributed by atoms with Crippen LogP contribution in [-0.2, 0) is 6.54 Å². The van der Waals surface area contributed by atoms with Crippen LogP contribution in [0.1, 0.15) is 31.5 Å². The van der Waals surface area contributed by atoms with Gasteiger partial charge in [-0.3, -0.25) is 4.68 Å². The zero-order valence-electron chi connectivity index (χ0n) is 11.2. The van der Waals surface area contributed by atoms with Crippen LogP contribution in [0.4, 0.5) is 0 Å². The van der Waals surface area contributed by atoms with Gasteiger partial charge in [0.05, 0.1) is 18.3 Å². The first-order valence-corrected chi connectivity index (χ1v) is 6.56. The molecule has 2 heterocycles. The summed E-state index contributed by atoms with van der Waals surface area (Å²) < 4.78 is 2.05. The van der Waals surface area contributed by atoms with Crippen LogP contribution < -0.4 is 5.32 Å². The first-order valence-electron chi connectivity index (χ1n) is 6.56. The highest BCUT2D eigenvalue weighted by Gasteiger charge is 2.20. The predicted molar refractivity (Wildman–Crippen MR) is 69.9 cm³/mol. The van der Waals surface area contributed by atoms with Crippen LogP contribution in [-0.4, -0.2) is 41.9 Å². The van der Waals surface area contributed by atoms with Gasteiger partial charge in [-0.15, -0.1) is 0 Å². The van der Waals surface area contributed by atoms with Crippen LogP contribution in [0.15, 0.2) is 12.3 Å². The molecule has 0 radical (unpaired) electrons. The minimum atomic E-state index is 0.465. The maximum absolute atomic E-state index is 4.66. The monoisotopic (exact) mass is 236 g/mol. The van der Waals surface area contributed by atoms with Gasteiger partial charge >= 0.3 is 0 Å². The second-order valence-electron chi connectivity index (χ2n) is 5.45. The van der Waals surface area contributed by atoms with Crippen molar-refractivity contribution in [1.29, 1.82) is 0 Å². The maximum Gasteiger partial charge on any atom is 0.0793 e. The molecule has 4 heteroatoms. The number of nitrogens with one attached hydrogen (secondary N) is 1. The maximum atomic E-state index is 4.66. The Bertz CT molecular complexity index is 337. The number of hydrogen-bond donors (Lipinski definition) is 1. The average molecular weight is 236 g/mol. The Hall–Kier alpha value is -0.870. The van der Waals surface area contributed by atoms with Crippen molar-refractivity contribution in [2.24, 2.45) is 5.92 Å². The van der Waals surface area contributed by atoms with Gasteiger partial charge in [-0.2, -0.15) is 5.10 Å². The predicted octanol–water partition coefficient (Wildman–Crippen LogP) is 1.51. The van der Waals surface area contributed by atoms with Gasteiger partial charge < -0.3 is 10.2 Å². The first-order chi connectivity index (χ1) is 8.15. The lowest BCUT2D eigenvalue weighted by Crippen LogP contribution is -2.32. The summed E-state index contributed by atoms with van der Waals surface area (Å²) in [5.41, 5.74) is 1.20. The van der Waals surface area contributed by atoms with Gasteiger partial charge in [-0.1, -0.05) is 6.92 Å². The highest BCUT2D eigenvalue weighted by molar-refractivity contribution is 5.06. The summed E-state index contributed by atoms with van der Waals surface area (Å²) in [4.78, 5) is 2.18. The van der Waals surface area contributed by atoms with E-state index in [2.05, 4.69) is 53.3 Å². The van der Waals surface area contributed by atoms with Crippen molar-refractivity contribution in [2.75, 3.05) is 27.2 Å². The molecule has 0 bridgehead atoms. The number of likely N-dealkylation sites (N-methyl/N-ethyl adjacent to an activating group) is 1. The van der Waals surface area contributed by atoms with Gasteiger partial charge in [0.1, 0.15) is 0 Å². The van der Waals surface area contributed by atoms with Crippen LogP contribution in [0.25, 0.3) is 0 Å². The second kappa shape index (κ2) is 5.65. The van der Waals surface area contributed by atoms with Gasteiger partial charge in [0.25, 0.3) is 0 Å². The van der Waals surface area contributed by atoms with Gasteiger partial charge in [-0.25, -0.2) is 0 Å². The zero-order chi connectivity index (χ0) is 12.3. The average Bonchev–Trinajstić information content (AvgIpc) is 2.76. The third kappa shape index (κ3) is 3.54. The number of rotatable bonds is 4. The van der Waals surface area contributed by atoms with Crippen molar-refractivity contribution in [2.45, 2.75) is 32.4 Å². The van der Waals surface area contributed by atoms with E-state index in [1.54, 1.807) is 0 Å². The van der Waals surface area contributed by atoms with E-state index in [0.717, 1.165) is 25.6 Å². The molecule has 1 fully saturated rings. The smallest absolute Gasteiger partial charge is 0.0793 e. The van der Waals surface area contributed by atoms with E-state index in [4.69, 9.17) is 0 Å². The fourth-order valence-electron chi connectivity index (χ4n) is 2.24. The van der Waals surface area contributed by atoms with E-state index in [-0.39, 0.29) is 0 Å². The molecule has 1 aromatic heterocycles. The highest BCUT2D eigenvalue weighted by atomic mass is 15.3. The van der Waals surface area contributed by atoms with Crippen molar-refractivity contribution in [3.63, 3.8) is 0 Å². The van der Waals surface area contributed by atoms with Gasteiger partial charge in [0, 0.05) is 12.7 Å². The van der Waals surface area contributed by atoms with Crippen molar-refractivity contribution in [3.05, 3.63) is 18.0 Å². The molecule has 0 saturated carbocycles. The van der Waals surface area contributed by atoms with E-state index in [1.165, 1.54) is 18.5 Å². The summed E-state index contributed by atoms with van der Waals surface area (Å²) in [5.74, 6) is 0.807. The molecular weight excluding hydrogens is 212 g/mol. The summed E-state index contributed by atoms with van der Waals surface area (Å²) >= 11 is 0. The Kier molecular flexibility index (Phi) is 4.18. The molecule has 1 N–H and O–H groups in total. The van der Waals surface area contributed by atoms with Crippen molar-refractivity contribution < 1.29 is 0 Å². The molecular formula is C13H24N4. The van der Waals surface area contributed by atoms with Crippen LogP contribution in [0.3, 0.4) is 0 Å². The van der Waals surface area contributed by atoms with E-state index in [0.29, 0.717) is 6.04 Å². The first kappa shape index (κ1) is 12.6. The summed E-state index contributed by atoms with van der Waals surface area (Å²) in [6.07, 6.45) is 4.62. The number of aromatic nitrogens is 2. The summed E-state index contributed by atoms with van der Waals surface area (Å²) in [5, 5.41) is 8.24. The van der Waals surface area contributed by atoms with E-state index < -0.39 is 0 Å². The highest BCUT2D eigenvalue weighted by Crippen LogP contribution is 2.24. The molecule has 0 amide bonds. The standard InChI is InChI=1S/C13H24N4/c1-11-4-5-12(14-10-11)13-6-7-17(15-13)9-8-16(2)3/h6-7,11-12,14H,4-5,8-10H2,1-3H3/t11-,12+/m1/s1. The Labute approximate surface area is 104 Å². The van der Waals surface area contributed by atoms with Gasteiger partial charge in [0.2, 0.25) is 0 Å². The second-order valence-corrected chi connectivity index (χ2v) is 5.45. The molecule has 0 aliphatic carbocycles. The molecule has 2 atom stereocenters. The Morgan fingerprint density at radius 1 is 1.47 bits per heavy atom. The van der Waals surface area contributed by atoms with E-state index in [9.17, 15) is 0 Å². The lowest BCUT2D eigenvalue weighted by molar-refractivity contribution is 0.324. The van der Waals surface area contributed by atoms with Crippen molar-refractivity contribution in [1.82, 2.24) is 20.0 Å². The third-order valence-corrected chi connectivity index (χ3v) is 3.46. The zero-order valence-corrected chi connectivity index (χ0v) is 11.2. The van der Waals surface area contributed by atoms with E-state index in [1.807, 2.05) is 0 Å². The van der Waals surface area contributed by atoms with Crippen LogP contribution in [0.2, 0.25) is 0 Å². The SMILES string of the molecule is C[C@@H]1CC[C@@H](c2ccn(CCN(C)C)n2)NC1. The lowest BCUT2D eigenvalue weighted by atomic mass is 9.95. The quantitative estimate of drug-likeness (QED) is 0.860. The Morgan fingerprint density at radius 3 is 2.94 bits per heavy atom. The molecule has 96 valence electrons. The molecule has 1 aliphatic heterocycles. The number of piperidine rings is 1. The molecule has 0 aromatic carbocycles. The molecule has 1 saturated heterocycles. The molecule has 2 rings (SSSR count). The molecule has 1 aromatic rings. The van der Waals surface area contributed by atoms with Crippen LogP contribution in [0, 0.1) is 5.92 Å². The minimum absolute atomic E-state index is 0.465. The Balaban J connectivity index is 1.89. The fraction of sp³-hybridized carbons (Fsp3) is 0.769. The lowest BCUT2D eigenvalue weighted by Gasteiger charge is -2.26. The van der Waals surface area contributed by atoms with E-state index >= 15 is 0 Å².